The maximum absolute atomic E-state index is 13.0. The zero-order valence-electron chi connectivity index (χ0n) is 9.02. The molecule has 2 aromatic carbocycles. The van der Waals surface area contributed by atoms with Crippen LogP contribution in [0, 0.1) is 12.7 Å². The molecule has 0 bridgehead atoms. The maximum Gasteiger partial charge on any atom is 0.123 e. The molecule has 0 aliphatic heterocycles. The Balaban J connectivity index is 2.31. The SMILES string of the molecule is Cc1ccc([C@H](O)c2cccc(F)c2)cc1. The largest absolute Gasteiger partial charge is 0.384 e. The molecule has 0 unspecified atom stereocenters. The van der Waals surface area contributed by atoms with Gasteiger partial charge in [0.05, 0.1) is 0 Å². The highest BCUT2D eigenvalue weighted by atomic mass is 19.1. The van der Waals surface area contributed by atoms with Crippen LogP contribution in [0.25, 0.3) is 0 Å². The lowest BCUT2D eigenvalue weighted by Gasteiger charge is -2.11. The molecule has 0 fully saturated rings. The number of halogens is 1. The standard InChI is InChI=1S/C14H13FO/c1-10-5-7-11(8-6-10)14(16)12-3-2-4-13(15)9-12/h2-9,14,16H,1H3/t14-/m0/s1. The highest BCUT2D eigenvalue weighted by molar-refractivity contribution is 5.31. The van der Waals surface area contributed by atoms with Crippen molar-refractivity contribution < 1.29 is 9.50 Å². The van der Waals surface area contributed by atoms with Gasteiger partial charge in [-0.1, -0.05) is 42.0 Å². The smallest absolute Gasteiger partial charge is 0.123 e. The third kappa shape index (κ3) is 2.28. The minimum Gasteiger partial charge on any atom is -0.384 e. The van der Waals surface area contributed by atoms with Crippen molar-refractivity contribution in [2.75, 3.05) is 0 Å². The Morgan fingerprint density at radius 3 is 2.31 bits per heavy atom. The third-order valence-corrected chi connectivity index (χ3v) is 2.56. The van der Waals surface area contributed by atoms with E-state index in [2.05, 4.69) is 0 Å². The average Bonchev–Trinajstić information content (AvgIpc) is 2.29. The summed E-state index contributed by atoms with van der Waals surface area (Å²) in [7, 11) is 0. The normalized spacial score (nSPS) is 12.4. The van der Waals surface area contributed by atoms with Crippen LogP contribution < -0.4 is 0 Å². The number of hydrogen-bond donors (Lipinski definition) is 1. The summed E-state index contributed by atoms with van der Waals surface area (Å²) in [5.74, 6) is -0.330. The van der Waals surface area contributed by atoms with Gasteiger partial charge < -0.3 is 5.11 Å². The van der Waals surface area contributed by atoms with E-state index in [1.165, 1.54) is 12.1 Å². The first-order valence-corrected chi connectivity index (χ1v) is 5.17. The van der Waals surface area contributed by atoms with Gasteiger partial charge in [-0.2, -0.15) is 0 Å². The zero-order chi connectivity index (χ0) is 11.5. The summed E-state index contributed by atoms with van der Waals surface area (Å²) in [6.45, 7) is 1.98. The highest BCUT2D eigenvalue weighted by Crippen LogP contribution is 2.22. The highest BCUT2D eigenvalue weighted by Gasteiger charge is 2.10. The molecular formula is C14H13FO. The molecule has 0 aromatic heterocycles. The van der Waals surface area contributed by atoms with Crippen molar-refractivity contribution in [1.29, 1.82) is 0 Å². The first-order chi connectivity index (χ1) is 7.66. The molecule has 2 heteroatoms. The number of aryl methyl sites for hydroxylation is 1. The first kappa shape index (κ1) is 10.8. The molecule has 1 N–H and O–H groups in total. The average molecular weight is 216 g/mol. The van der Waals surface area contributed by atoms with Crippen LogP contribution in [0.15, 0.2) is 48.5 Å². The summed E-state index contributed by atoms with van der Waals surface area (Å²) >= 11 is 0. The van der Waals surface area contributed by atoms with E-state index < -0.39 is 6.10 Å². The van der Waals surface area contributed by atoms with Crippen LogP contribution in [0.4, 0.5) is 4.39 Å². The molecule has 2 aromatic rings. The van der Waals surface area contributed by atoms with Crippen LogP contribution in [0.2, 0.25) is 0 Å². The van der Waals surface area contributed by atoms with E-state index in [1.807, 2.05) is 31.2 Å². The van der Waals surface area contributed by atoms with Crippen LogP contribution in [-0.4, -0.2) is 5.11 Å². The second-order valence-electron chi connectivity index (χ2n) is 3.87. The van der Waals surface area contributed by atoms with Crippen molar-refractivity contribution >= 4 is 0 Å². The van der Waals surface area contributed by atoms with E-state index in [-0.39, 0.29) is 5.82 Å². The van der Waals surface area contributed by atoms with Crippen molar-refractivity contribution in [3.63, 3.8) is 0 Å². The van der Waals surface area contributed by atoms with Gasteiger partial charge in [0.25, 0.3) is 0 Å². The molecule has 0 aliphatic carbocycles. The Morgan fingerprint density at radius 1 is 1.00 bits per heavy atom. The summed E-state index contributed by atoms with van der Waals surface area (Å²) in [5.41, 5.74) is 2.48. The van der Waals surface area contributed by atoms with Gasteiger partial charge in [-0.05, 0) is 30.2 Å². The first-order valence-electron chi connectivity index (χ1n) is 5.17. The number of benzene rings is 2. The molecule has 0 aliphatic rings. The molecular weight excluding hydrogens is 203 g/mol. The van der Waals surface area contributed by atoms with Crippen molar-refractivity contribution in [2.24, 2.45) is 0 Å². The molecule has 0 radical (unpaired) electrons. The fraction of sp³-hybridized carbons (Fsp3) is 0.143. The fourth-order valence-electron chi connectivity index (χ4n) is 1.62. The van der Waals surface area contributed by atoms with E-state index in [1.54, 1.807) is 12.1 Å². The lowest BCUT2D eigenvalue weighted by atomic mass is 10.0. The van der Waals surface area contributed by atoms with E-state index >= 15 is 0 Å². The predicted molar refractivity (Wildman–Crippen MR) is 61.6 cm³/mol. The number of rotatable bonds is 2. The molecule has 2 rings (SSSR count). The van der Waals surface area contributed by atoms with E-state index in [0.29, 0.717) is 5.56 Å². The minimum atomic E-state index is -0.767. The van der Waals surface area contributed by atoms with E-state index in [9.17, 15) is 9.50 Å². The maximum atomic E-state index is 13.0. The van der Waals surface area contributed by atoms with Gasteiger partial charge in [0.1, 0.15) is 11.9 Å². The van der Waals surface area contributed by atoms with Gasteiger partial charge in [0, 0.05) is 0 Å². The Morgan fingerprint density at radius 2 is 1.69 bits per heavy atom. The molecule has 0 amide bonds. The van der Waals surface area contributed by atoms with Crippen molar-refractivity contribution in [3.05, 3.63) is 71.0 Å². The Bertz CT molecular complexity index is 476. The van der Waals surface area contributed by atoms with Crippen LogP contribution in [0.1, 0.15) is 22.8 Å². The summed E-state index contributed by atoms with van der Waals surface area (Å²) in [4.78, 5) is 0. The molecule has 1 atom stereocenters. The zero-order valence-corrected chi connectivity index (χ0v) is 9.02. The van der Waals surface area contributed by atoms with E-state index in [0.717, 1.165) is 11.1 Å². The van der Waals surface area contributed by atoms with Crippen LogP contribution >= 0.6 is 0 Å². The molecule has 0 spiro atoms. The minimum absolute atomic E-state index is 0.330. The second kappa shape index (κ2) is 4.45. The molecule has 1 nitrogen and oxygen atoms in total. The van der Waals surface area contributed by atoms with Gasteiger partial charge in [-0.3, -0.25) is 0 Å². The van der Waals surface area contributed by atoms with Gasteiger partial charge in [0.15, 0.2) is 0 Å². The monoisotopic (exact) mass is 216 g/mol. The Kier molecular flexibility index (Phi) is 3.02. The lowest BCUT2D eigenvalue weighted by molar-refractivity contribution is 0.220. The van der Waals surface area contributed by atoms with Gasteiger partial charge in [-0.25, -0.2) is 4.39 Å². The van der Waals surface area contributed by atoms with Crippen molar-refractivity contribution in [1.82, 2.24) is 0 Å². The van der Waals surface area contributed by atoms with Gasteiger partial charge in [-0.15, -0.1) is 0 Å². The molecule has 82 valence electrons. The number of hydrogen-bond acceptors (Lipinski definition) is 1. The second-order valence-corrected chi connectivity index (χ2v) is 3.87. The Hall–Kier alpha value is -1.67. The topological polar surface area (TPSA) is 20.2 Å². The summed E-state index contributed by atoms with van der Waals surface area (Å²) in [6.07, 6.45) is -0.767. The summed E-state index contributed by atoms with van der Waals surface area (Å²) in [5, 5.41) is 10.0. The number of aliphatic hydroxyl groups is 1. The van der Waals surface area contributed by atoms with Crippen LogP contribution in [0.5, 0.6) is 0 Å². The lowest BCUT2D eigenvalue weighted by Crippen LogP contribution is -1.99. The van der Waals surface area contributed by atoms with Crippen molar-refractivity contribution in [3.8, 4) is 0 Å². The van der Waals surface area contributed by atoms with Gasteiger partial charge in [0.2, 0.25) is 0 Å². The molecule has 16 heavy (non-hydrogen) atoms. The molecule has 0 saturated carbocycles. The molecule has 0 heterocycles. The van der Waals surface area contributed by atoms with Crippen LogP contribution in [0.3, 0.4) is 0 Å². The quantitative estimate of drug-likeness (QED) is 0.817. The van der Waals surface area contributed by atoms with Crippen molar-refractivity contribution in [2.45, 2.75) is 13.0 Å². The predicted octanol–water partition coefficient (Wildman–Crippen LogP) is 3.22. The van der Waals surface area contributed by atoms with Crippen LogP contribution in [-0.2, 0) is 0 Å². The number of aliphatic hydroxyl groups excluding tert-OH is 1. The summed E-state index contributed by atoms with van der Waals surface area (Å²) < 4.78 is 13.0. The van der Waals surface area contributed by atoms with E-state index in [4.69, 9.17) is 0 Å². The van der Waals surface area contributed by atoms with Gasteiger partial charge >= 0.3 is 0 Å². The fourth-order valence-corrected chi connectivity index (χ4v) is 1.62. The third-order valence-electron chi connectivity index (χ3n) is 2.56. The Labute approximate surface area is 94.2 Å². The summed E-state index contributed by atoms with van der Waals surface area (Å²) in [6, 6.07) is 13.6. The molecule has 0 saturated heterocycles.